The maximum Gasteiger partial charge on any atom is 0.361 e. The molecule has 0 spiro atoms. The molecule has 0 fully saturated rings. The minimum Gasteiger partial charge on any atom is -0.461 e. The lowest BCUT2D eigenvalue weighted by Gasteiger charge is -2.04. The quantitative estimate of drug-likeness (QED) is 0.428. The van der Waals surface area contributed by atoms with Crippen molar-refractivity contribution in [1.82, 2.24) is 0 Å². The summed E-state index contributed by atoms with van der Waals surface area (Å²) in [7, 11) is 1.39. The highest BCUT2D eigenvalue weighted by molar-refractivity contribution is 6.43. The van der Waals surface area contributed by atoms with Crippen LogP contribution in [0, 0.1) is 0 Å². The van der Waals surface area contributed by atoms with Crippen LogP contribution >= 0.6 is 0 Å². The van der Waals surface area contributed by atoms with Gasteiger partial charge < -0.3 is 9.57 Å². The van der Waals surface area contributed by atoms with Gasteiger partial charge in [-0.25, -0.2) is 4.79 Å². The van der Waals surface area contributed by atoms with Crippen molar-refractivity contribution in [3.8, 4) is 0 Å². The fourth-order valence-corrected chi connectivity index (χ4v) is 1.09. The van der Waals surface area contributed by atoms with Gasteiger partial charge in [-0.3, -0.25) is 0 Å². The fraction of sp³-hybridized carbons (Fsp3) is 0.273. The van der Waals surface area contributed by atoms with E-state index in [4.69, 9.17) is 4.74 Å². The molecule has 1 aromatic carbocycles. The van der Waals surface area contributed by atoms with E-state index in [1.165, 1.54) is 7.11 Å². The number of hydrogen-bond donors (Lipinski definition) is 0. The smallest absolute Gasteiger partial charge is 0.361 e. The first kappa shape index (κ1) is 11.2. The van der Waals surface area contributed by atoms with Crippen molar-refractivity contribution in [2.45, 2.75) is 6.92 Å². The number of carbonyl (C=O) groups is 1. The van der Waals surface area contributed by atoms with Crippen LogP contribution in [0.15, 0.2) is 35.5 Å². The van der Waals surface area contributed by atoms with Gasteiger partial charge in [0.2, 0.25) is 0 Å². The maximum absolute atomic E-state index is 11.5. The Morgan fingerprint density at radius 2 is 2.00 bits per heavy atom. The summed E-state index contributed by atoms with van der Waals surface area (Å²) in [6.07, 6.45) is 0. The Morgan fingerprint density at radius 3 is 2.53 bits per heavy atom. The summed E-state index contributed by atoms with van der Waals surface area (Å²) in [4.78, 5) is 16.1. The molecule has 1 aromatic rings. The highest BCUT2D eigenvalue weighted by Crippen LogP contribution is 2.03. The monoisotopic (exact) mass is 207 g/mol. The molecule has 0 amide bonds. The van der Waals surface area contributed by atoms with E-state index in [9.17, 15) is 4.79 Å². The van der Waals surface area contributed by atoms with Crippen LogP contribution in [0.1, 0.15) is 12.5 Å². The Bertz CT molecular complexity index is 346. The predicted octanol–water partition coefficient (Wildman–Crippen LogP) is 1.60. The van der Waals surface area contributed by atoms with Gasteiger partial charge in [-0.2, -0.15) is 0 Å². The summed E-state index contributed by atoms with van der Waals surface area (Å²) < 4.78 is 4.86. The Balaban J connectivity index is 2.94. The second kappa shape index (κ2) is 5.80. The van der Waals surface area contributed by atoms with Gasteiger partial charge >= 0.3 is 5.97 Å². The van der Waals surface area contributed by atoms with Gasteiger partial charge in [-0.05, 0) is 6.92 Å². The lowest BCUT2D eigenvalue weighted by Crippen LogP contribution is -2.19. The number of benzene rings is 1. The molecule has 0 aliphatic heterocycles. The van der Waals surface area contributed by atoms with Crippen molar-refractivity contribution in [2.24, 2.45) is 5.16 Å². The minimum absolute atomic E-state index is 0.181. The second-order valence-electron chi connectivity index (χ2n) is 2.71. The molecule has 0 radical (unpaired) electrons. The van der Waals surface area contributed by atoms with Crippen molar-refractivity contribution in [3.05, 3.63) is 35.9 Å². The van der Waals surface area contributed by atoms with Gasteiger partial charge in [-0.15, -0.1) is 0 Å². The number of rotatable bonds is 4. The molecule has 0 aliphatic rings. The molecule has 0 aliphatic carbocycles. The predicted molar refractivity (Wildman–Crippen MR) is 56.6 cm³/mol. The first-order valence-electron chi connectivity index (χ1n) is 4.63. The van der Waals surface area contributed by atoms with E-state index < -0.39 is 5.97 Å². The summed E-state index contributed by atoms with van der Waals surface area (Å²) in [6, 6.07) is 9.04. The molecule has 0 N–H and O–H groups in total. The third-order valence-corrected chi connectivity index (χ3v) is 1.70. The number of oxime groups is 1. The number of esters is 1. The largest absolute Gasteiger partial charge is 0.461 e. The van der Waals surface area contributed by atoms with E-state index in [0.717, 1.165) is 0 Å². The van der Waals surface area contributed by atoms with Gasteiger partial charge in [0.1, 0.15) is 7.11 Å². The number of nitrogens with zero attached hydrogens (tertiary/aromatic N) is 1. The molecule has 15 heavy (non-hydrogen) atoms. The number of ether oxygens (including phenoxy) is 1. The molecule has 0 bridgehead atoms. The summed E-state index contributed by atoms with van der Waals surface area (Å²) in [5.41, 5.74) is 0.859. The van der Waals surface area contributed by atoms with E-state index in [1.807, 2.05) is 18.2 Å². The van der Waals surface area contributed by atoms with Gasteiger partial charge in [0.25, 0.3) is 0 Å². The molecule has 0 saturated carbocycles. The summed E-state index contributed by atoms with van der Waals surface area (Å²) >= 11 is 0. The van der Waals surface area contributed by atoms with E-state index in [1.54, 1.807) is 19.1 Å². The Labute approximate surface area is 88.5 Å². The average Bonchev–Trinajstić information content (AvgIpc) is 2.27. The van der Waals surface area contributed by atoms with Crippen LogP contribution in [-0.2, 0) is 14.4 Å². The molecule has 0 saturated heterocycles. The average molecular weight is 207 g/mol. The highest BCUT2D eigenvalue weighted by atomic mass is 16.6. The van der Waals surface area contributed by atoms with E-state index in [2.05, 4.69) is 9.99 Å². The highest BCUT2D eigenvalue weighted by Gasteiger charge is 2.15. The summed E-state index contributed by atoms with van der Waals surface area (Å²) in [5, 5.41) is 3.66. The normalized spacial score (nSPS) is 10.9. The van der Waals surface area contributed by atoms with Crippen LogP contribution in [0.2, 0.25) is 0 Å². The zero-order valence-corrected chi connectivity index (χ0v) is 8.77. The Kier molecular flexibility index (Phi) is 4.34. The van der Waals surface area contributed by atoms with Crippen LogP contribution in [0.4, 0.5) is 0 Å². The topological polar surface area (TPSA) is 47.9 Å². The standard InChI is InChI=1S/C11H13NO3/c1-3-15-11(13)10(12-14-2)9-7-5-4-6-8-9/h4-8H,3H2,1-2H3/b12-10+. The van der Waals surface area contributed by atoms with E-state index in [0.29, 0.717) is 12.2 Å². The Hall–Kier alpha value is -1.84. The maximum atomic E-state index is 11.5. The summed E-state index contributed by atoms with van der Waals surface area (Å²) in [6.45, 7) is 2.06. The van der Waals surface area contributed by atoms with Gasteiger partial charge in [0.15, 0.2) is 5.71 Å². The van der Waals surface area contributed by atoms with Crippen molar-refractivity contribution < 1.29 is 14.4 Å². The number of hydrogen-bond acceptors (Lipinski definition) is 4. The molecule has 1 rings (SSSR count). The molecule has 80 valence electrons. The third kappa shape index (κ3) is 3.09. The van der Waals surface area contributed by atoms with Crippen LogP contribution in [0.25, 0.3) is 0 Å². The zero-order valence-electron chi connectivity index (χ0n) is 8.77. The molecule has 4 heteroatoms. The lowest BCUT2D eigenvalue weighted by atomic mass is 10.1. The molecule has 0 atom stereocenters. The molecule has 0 unspecified atom stereocenters. The first-order chi connectivity index (χ1) is 7.29. The first-order valence-corrected chi connectivity index (χ1v) is 4.63. The van der Waals surface area contributed by atoms with Crippen LogP contribution in [-0.4, -0.2) is 25.4 Å². The second-order valence-corrected chi connectivity index (χ2v) is 2.71. The zero-order chi connectivity index (χ0) is 11.1. The fourth-order valence-electron chi connectivity index (χ4n) is 1.09. The van der Waals surface area contributed by atoms with Crippen molar-refractivity contribution in [1.29, 1.82) is 0 Å². The van der Waals surface area contributed by atoms with Crippen molar-refractivity contribution >= 4 is 11.7 Å². The lowest BCUT2D eigenvalue weighted by molar-refractivity contribution is -0.135. The third-order valence-electron chi connectivity index (χ3n) is 1.70. The van der Waals surface area contributed by atoms with E-state index in [-0.39, 0.29) is 5.71 Å². The molecule has 4 nitrogen and oxygen atoms in total. The van der Waals surface area contributed by atoms with Gasteiger partial charge in [-0.1, -0.05) is 35.5 Å². The minimum atomic E-state index is -0.481. The molecule has 0 aromatic heterocycles. The van der Waals surface area contributed by atoms with Crippen molar-refractivity contribution in [3.63, 3.8) is 0 Å². The van der Waals surface area contributed by atoms with Gasteiger partial charge in [0.05, 0.1) is 6.61 Å². The van der Waals surface area contributed by atoms with Crippen molar-refractivity contribution in [2.75, 3.05) is 13.7 Å². The Morgan fingerprint density at radius 1 is 1.33 bits per heavy atom. The number of carbonyl (C=O) groups excluding carboxylic acids is 1. The van der Waals surface area contributed by atoms with Crippen LogP contribution < -0.4 is 0 Å². The van der Waals surface area contributed by atoms with Crippen LogP contribution in [0.3, 0.4) is 0 Å². The van der Waals surface area contributed by atoms with E-state index >= 15 is 0 Å². The molecular formula is C11H13NO3. The summed E-state index contributed by atoms with van der Waals surface area (Å²) in [5.74, 6) is -0.481. The van der Waals surface area contributed by atoms with Crippen LogP contribution in [0.5, 0.6) is 0 Å². The molecule has 0 heterocycles. The molecular weight excluding hydrogens is 194 g/mol. The van der Waals surface area contributed by atoms with Gasteiger partial charge in [0, 0.05) is 5.56 Å². The SMILES string of the molecule is CCOC(=O)/C(=N/OC)c1ccccc1.